The van der Waals surface area contributed by atoms with Gasteiger partial charge in [0.25, 0.3) is 5.91 Å². The van der Waals surface area contributed by atoms with Gasteiger partial charge in [-0.2, -0.15) is 4.98 Å². The molecule has 2 aliphatic rings. The zero-order valence-electron chi connectivity index (χ0n) is 15.3. The highest BCUT2D eigenvalue weighted by Crippen LogP contribution is 2.30. The molecule has 142 valence electrons. The first-order valence-corrected chi connectivity index (χ1v) is 8.88. The van der Waals surface area contributed by atoms with Crippen LogP contribution in [0.2, 0.25) is 0 Å². The Morgan fingerprint density at radius 3 is 2.69 bits per heavy atom. The number of carbonyl (C=O) groups excluding carboxylic acids is 2. The van der Waals surface area contributed by atoms with Crippen LogP contribution in [0.5, 0.6) is 0 Å². The topological polar surface area (TPSA) is 125 Å². The van der Waals surface area contributed by atoms with Gasteiger partial charge in [0.15, 0.2) is 11.8 Å². The summed E-state index contributed by atoms with van der Waals surface area (Å²) < 4.78 is 4.97. The minimum Gasteiger partial charge on any atom is -0.357 e. The SMILES string of the molecule is CCNC(=NCc1noc(C)n1)N1CCC(C2(C)NC(=O)NC2=O)CC1. The summed E-state index contributed by atoms with van der Waals surface area (Å²) in [6.45, 7) is 8.15. The number of aliphatic imine (C=N–C) groups is 1. The molecule has 10 nitrogen and oxygen atoms in total. The Kier molecular flexibility index (Phi) is 5.10. The summed E-state index contributed by atoms with van der Waals surface area (Å²) in [6.07, 6.45) is 1.58. The summed E-state index contributed by atoms with van der Waals surface area (Å²) in [7, 11) is 0. The van der Waals surface area contributed by atoms with Crippen LogP contribution in [0.15, 0.2) is 9.52 Å². The minimum absolute atomic E-state index is 0.0907. The number of nitrogens with one attached hydrogen (secondary N) is 3. The van der Waals surface area contributed by atoms with E-state index in [1.165, 1.54) is 0 Å². The number of guanidine groups is 1. The number of hydrogen-bond donors (Lipinski definition) is 3. The van der Waals surface area contributed by atoms with E-state index in [9.17, 15) is 9.59 Å². The van der Waals surface area contributed by atoms with Gasteiger partial charge in [0.2, 0.25) is 5.89 Å². The average Bonchev–Trinajstić information content (AvgIpc) is 3.14. The summed E-state index contributed by atoms with van der Waals surface area (Å²) >= 11 is 0. The van der Waals surface area contributed by atoms with Crippen molar-refractivity contribution in [2.24, 2.45) is 10.9 Å². The van der Waals surface area contributed by atoms with Crippen LogP contribution < -0.4 is 16.0 Å². The lowest BCUT2D eigenvalue weighted by Gasteiger charge is -2.39. The van der Waals surface area contributed by atoms with E-state index in [-0.39, 0.29) is 11.8 Å². The fraction of sp³-hybridized carbons (Fsp3) is 0.688. The third kappa shape index (κ3) is 3.63. The second kappa shape index (κ2) is 7.30. The first-order chi connectivity index (χ1) is 12.4. The van der Waals surface area contributed by atoms with E-state index in [1.54, 1.807) is 13.8 Å². The number of aromatic nitrogens is 2. The van der Waals surface area contributed by atoms with Gasteiger partial charge in [0.1, 0.15) is 12.1 Å². The summed E-state index contributed by atoms with van der Waals surface area (Å²) in [5.41, 5.74) is -0.833. The van der Waals surface area contributed by atoms with E-state index >= 15 is 0 Å². The number of piperidine rings is 1. The molecular weight excluding hydrogens is 338 g/mol. The highest BCUT2D eigenvalue weighted by Gasteiger charge is 2.48. The molecule has 2 aliphatic heterocycles. The Morgan fingerprint density at radius 2 is 2.15 bits per heavy atom. The van der Waals surface area contributed by atoms with Crippen molar-refractivity contribution in [2.75, 3.05) is 19.6 Å². The first kappa shape index (κ1) is 18.2. The minimum atomic E-state index is -0.833. The van der Waals surface area contributed by atoms with E-state index < -0.39 is 11.6 Å². The Labute approximate surface area is 151 Å². The van der Waals surface area contributed by atoms with Crippen LogP contribution in [0.3, 0.4) is 0 Å². The molecule has 1 aromatic heterocycles. The Balaban J connectivity index is 1.62. The third-order valence-electron chi connectivity index (χ3n) is 4.96. The maximum atomic E-state index is 12.1. The maximum Gasteiger partial charge on any atom is 0.322 e. The zero-order valence-corrected chi connectivity index (χ0v) is 15.3. The Morgan fingerprint density at radius 1 is 1.42 bits per heavy atom. The van der Waals surface area contributed by atoms with Gasteiger partial charge in [-0.1, -0.05) is 5.16 Å². The molecule has 0 aromatic carbocycles. The van der Waals surface area contributed by atoms with E-state index in [0.29, 0.717) is 18.3 Å². The predicted octanol–water partition coefficient (Wildman–Crippen LogP) is 0.154. The number of amides is 3. The molecule has 3 amide bonds. The zero-order chi connectivity index (χ0) is 18.7. The molecule has 2 saturated heterocycles. The standard InChI is InChI=1S/C16H25N7O3/c1-4-17-14(18-9-12-19-10(2)26-22-12)23-7-5-11(6-8-23)16(3)13(24)20-15(25)21-16/h11H,4-9H2,1-3H3,(H,17,18)(H2,20,21,24,25). The number of aryl methyl sites for hydroxylation is 1. The number of imide groups is 1. The van der Waals surface area contributed by atoms with Crippen molar-refractivity contribution in [3.8, 4) is 0 Å². The van der Waals surface area contributed by atoms with Crippen molar-refractivity contribution in [1.82, 2.24) is 31.0 Å². The molecule has 0 bridgehead atoms. The maximum absolute atomic E-state index is 12.1. The largest absolute Gasteiger partial charge is 0.357 e. The van der Waals surface area contributed by atoms with Crippen LogP contribution in [0.25, 0.3) is 0 Å². The second-order valence-corrected chi connectivity index (χ2v) is 6.77. The molecule has 3 rings (SSSR count). The van der Waals surface area contributed by atoms with Crippen LogP contribution in [0.4, 0.5) is 4.79 Å². The van der Waals surface area contributed by atoms with Crippen molar-refractivity contribution in [3.05, 3.63) is 11.7 Å². The summed E-state index contributed by atoms with van der Waals surface area (Å²) in [5, 5.41) is 12.3. The number of nitrogens with zero attached hydrogens (tertiary/aromatic N) is 4. The number of hydrogen-bond acceptors (Lipinski definition) is 6. The van der Waals surface area contributed by atoms with E-state index in [1.807, 2.05) is 6.92 Å². The number of rotatable bonds is 4. The first-order valence-electron chi connectivity index (χ1n) is 8.88. The van der Waals surface area contributed by atoms with Crippen molar-refractivity contribution in [1.29, 1.82) is 0 Å². The van der Waals surface area contributed by atoms with Crippen LogP contribution in [0, 0.1) is 12.8 Å². The monoisotopic (exact) mass is 363 g/mol. The molecule has 0 saturated carbocycles. The lowest BCUT2D eigenvalue weighted by Crippen LogP contribution is -2.55. The molecule has 3 N–H and O–H groups in total. The second-order valence-electron chi connectivity index (χ2n) is 6.77. The Bertz CT molecular complexity index is 708. The van der Waals surface area contributed by atoms with Crippen molar-refractivity contribution in [3.63, 3.8) is 0 Å². The van der Waals surface area contributed by atoms with Crippen molar-refractivity contribution in [2.45, 2.75) is 45.7 Å². The van der Waals surface area contributed by atoms with Crippen LogP contribution in [-0.4, -0.2) is 58.1 Å². The highest BCUT2D eigenvalue weighted by molar-refractivity contribution is 6.07. The summed E-state index contributed by atoms with van der Waals surface area (Å²) in [6, 6.07) is -0.412. The van der Waals surface area contributed by atoms with E-state index in [0.717, 1.165) is 38.4 Å². The fourth-order valence-corrected chi connectivity index (χ4v) is 3.49. The van der Waals surface area contributed by atoms with Gasteiger partial charge in [0, 0.05) is 26.6 Å². The van der Waals surface area contributed by atoms with Gasteiger partial charge in [0.05, 0.1) is 0 Å². The molecule has 1 unspecified atom stereocenters. The normalized spacial score (nSPS) is 24.6. The number of urea groups is 1. The van der Waals surface area contributed by atoms with Gasteiger partial charge < -0.3 is 20.1 Å². The molecule has 2 fully saturated rings. The predicted molar refractivity (Wildman–Crippen MR) is 93.2 cm³/mol. The molecule has 3 heterocycles. The molecule has 0 aliphatic carbocycles. The van der Waals surface area contributed by atoms with Crippen LogP contribution in [0.1, 0.15) is 38.4 Å². The molecule has 10 heteroatoms. The number of carbonyl (C=O) groups is 2. The molecular formula is C16H25N7O3. The van der Waals surface area contributed by atoms with Gasteiger partial charge in [-0.25, -0.2) is 9.79 Å². The molecule has 0 radical (unpaired) electrons. The van der Waals surface area contributed by atoms with Gasteiger partial charge in [-0.05, 0) is 32.6 Å². The van der Waals surface area contributed by atoms with Gasteiger partial charge in [-0.15, -0.1) is 0 Å². The van der Waals surface area contributed by atoms with E-state index in [2.05, 4.69) is 36.0 Å². The quantitative estimate of drug-likeness (QED) is 0.395. The van der Waals surface area contributed by atoms with Gasteiger partial charge in [-0.3, -0.25) is 10.1 Å². The number of likely N-dealkylation sites (tertiary alicyclic amines) is 1. The van der Waals surface area contributed by atoms with Crippen molar-refractivity contribution >= 4 is 17.9 Å². The van der Waals surface area contributed by atoms with Crippen LogP contribution in [-0.2, 0) is 11.3 Å². The van der Waals surface area contributed by atoms with Crippen LogP contribution >= 0.6 is 0 Å². The van der Waals surface area contributed by atoms with E-state index in [4.69, 9.17) is 4.52 Å². The highest BCUT2D eigenvalue weighted by atomic mass is 16.5. The molecule has 26 heavy (non-hydrogen) atoms. The lowest BCUT2D eigenvalue weighted by atomic mass is 9.79. The summed E-state index contributed by atoms with van der Waals surface area (Å²) in [5.74, 6) is 1.71. The van der Waals surface area contributed by atoms with Gasteiger partial charge >= 0.3 is 6.03 Å². The molecule has 1 atom stereocenters. The summed E-state index contributed by atoms with van der Waals surface area (Å²) in [4.78, 5) is 34.5. The smallest absolute Gasteiger partial charge is 0.322 e. The average molecular weight is 363 g/mol. The lowest BCUT2D eigenvalue weighted by molar-refractivity contribution is -0.125. The fourth-order valence-electron chi connectivity index (χ4n) is 3.49. The Hall–Kier alpha value is -2.65. The third-order valence-corrected chi connectivity index (χ3v) is 4.96. The van der Waals surface area contributed by atoms with Crippen molar-refractivity contribution < 1.29 is 14.1 Å². The molecule has 1 aromatic rings. The molecule has 0 spiro atoms.